The lowest BCUT2D eigenvalue weighted by Gasteiger charge is -2.19. The molecule has 6 heteroatoms. The average molecular weight is 239 g/mol. The second-order valence-corrected chi connectivity index (χ2v) is 3.38. The van der Waals surface area contributed by atoms with Crippen molar-refractivity contribution in [2.75, 3.05) is 13.1 Å². The first-order chi connectivity index (χ1) is 7.97. The first-order valence-corrected chi connectivity index (χ1v) is 4.99. The normalized spacial score (nSPS) is 9.94. The number of likely N-dealkylation sites (N-methyl/N-ethyl adjacent to an activating group) is 1. The molecule has 0 heterocycles. The van der Waals surface area contributed by atoms with Crippen LogP contribution in [0.2, 0.25) is 0 Å². The van der Waals surface area contributed by atoms with Gasteiger partial charge in [-0.15, -0.1) is 0 Å². The minimum absolute atomic E-state index is 0.166. The van der Waals surface area contributed by atoms with Crippen LogP contribution in [0.1, 0.15) is 17.3 Å². The van der Waals surface area contributed by atoms with E-state index in [-0.39, 0.29) is 23.6 Å². The molecular weight excluding hydrogens is 226 g/mol. The molecule has 0 saturated heterocycles. The molecule has 0 aliphatic heterocycles. The zero-order valence-electron chi connectivity index (χ0n) is 9.25. The Bertz CT molecular complexity index is 423. The van der Waals surface area contributed by atoms with Crippen molar-refractivity contribution in [3.8, 4) is 11.5 Å². The first kappa shape index (κ1) is 12.8. The van der Waals surface area contributed by atoms with Crippen LogP contribution in [0.15, 0.2) is 18.2 Å². The summed E-state index contributed by atoms with van der Waals surface area (Å²) in [6, 6.07) is 3.89. The lowest BCUT2D eigenvalue weighted by atomic mass is 10.1. The predicted octanol–water partition coefficient (Wildman–Crippen LogP) is 0.644. The lowest BCUT2D eigenvalue weighted by molar-refractivity contribution is -0.137. The highest BCUT2D eigenvalue weighted by molar-refractivity contribution is 6.00. The molecule has 17 heavy (non-hydrogen) atoms. The fourth-order valence-electron chi connectivity index (χ4n) is 1.40. The van der Waals surface area contributed by atoms with Crippen LogP contribution in [0, 0.1) is 0 Å². The fourth-order valence-corrected chi connectivity index (χ4v) is 1.40. The van der Waals surface area contributed by atoms with Crippen LogP contribution >= 0.6 is 0 Å². The molecular formula is C11H13NO5. The summed E-state index contributed by atoms with van der Waals surface area (Å²) in [6.07, 6.45) is 0. The summed E-state index contributed by atoms with van der Waals surface area (Å²) in [7, 11) is 0. The number of hydrogen-bond acceptors (Lipinski definition) is 4. The maximum absolute atomic E-state index is 11.9. The number of carboxylic acids is 1. The van der Waals surface area contributed by atoms with Crippen LogP contribution in [0.25, 0.3) is 0 Å². The smallest absolute Gasteiger partial charge is 0.323 e. The van der Waals surface area contributed by atoms with Gasteiger partial charge < -0.3 is 20.2 Å². The molecule has 6 nitrogen and oxygen atoms in total. The summed E-state index contributed by atoms with van der Waals surface area (Å²) >= 11 is 0. The Hall–Kier alpha value is -2.24. The third-order valence-electron chi connectivity index (χ3n) is 2.23. The van der Waals surface area contributed by atoms with Gasteiger partial charge in [0.25, 0.3) is 5.91 Å². The molecule has 92 valence electrons. The van der Waals surface area contributed by atoms with Crippen LogP contribution in [-0.2, 0) is 4.79 Å². The van der Waals surface area contributed by atoms with E-state index in [2.05, 4.69) is 0 Å². The molecule has 0 bridgehead atoms. The summed E-state index contributed by atoms with van der Waals surface area (Å²) in [5, 5.41) is 27.6. The zero-order valence-corrected chi connectivity index (χ0v) is 9.25. The first-order valence-electron chi connectivity index (χ1n) is 4.99. The molecule has 0 saturated carbocycles. The third kappa shape index (κ3) is 2.87. The molecule has 1 aromatic carbocycles. The van der Waals surface area contributed by atoms with Gasteiger partial charge in [-0.05, 0) is 19.1 Å². The minimum Gasteiger partial charge on any atom is -0.507 e. The van der Waals surface area contributed by atoms with Crippen LogP contribution in [0.4, 0.5) is 0 Å². The minimum atomic E-state index is -1.16. The van der Waals surface area contributed by atoms with Crippen molar-refractivity contribution in [2.45, 2.75) is 6.92 Å². The van der Waals surface area contributed by atoms with Crippen molar-refractivity contribution >= 4 is 11.9 Å². The van der Waals surface area contributed by atoms with Crippen molar-refractivity contribution < 1.29 is 24.9 Å². The molecule has 0 spiro atoms. The van der Waals surface area contributed by atoms with E-state index in [0.717, 1.165) is 4.90 Å². The van der Waals surface area contributed by atoms with Gasteiger partial charge in [-0.1, -0.05) is 6.07 Å². The van der Waals surface area contributed by atoms with Gasteiger partial charge in [0, 0.05) is 6.54 Å². The van der Waals surface area contributed by atoms with Gasteiger partial charge in [-0.3, -0.25) is 9.59 Å². The van der Waals surface area contributed by atoms with E-state index < -0.39 is 18.4 Å². The van der Waals surface area contributed by atoms with E-state index in [1.807, 2.05) is 0 Å². The Labute approximate surface area is 97.7 Å². The largest absolute Gasteiger partial charge is 0.507 e. The second kappa shape index (κ2) is 5.20. The number of aliphatic carboxylic acids is 1. The van der Waals surface area contributed by atoms with E-state index in [4.69, 9.17) is 5.11 Å². The maximum atomic E-state index is 11.9. The number of amides is 1. The van der Waals surface area contributed by atoms with Gasteiger partial charge in [0.15, 0.2) is 0 Å². The Balaban J connectivity index is 3.06. The number of phenolic OH excluding ortho intramolecular Hbond substituents is 2. The van der Waals surface area contributed by atoms with Crippen molar-refractivity contribution in [1.29, 1.82) is 0 Å². The van der Waals surface area contributed by atoms with Gasteiger partial charge in [-0.25, -0.2) is 0 Å². The van der Waals surface area contributed by atoms with Crippen molar-refractivity contribution in [2.24, 2.45) is 0 Å². The summed E-state index contributed by atoms with van der Waals surface area (Å²) in [6.45, 7) is 1.29. The van der Waals surface area contributed by atoms with Gasteiger partial charge >= 0.3 is 5.97 Å². The molecule has 1 rings (SSSR count). The quantitative estimate of drug-likeness (QED) is 0.716. The summed E-state index contributed by atoms with van der Waals surface area (Å²) in [5.41, 5.74) is -0.282. The van der Waals surface area contributed by atoms with Crippen molar-refractivity contribution in [3.05, 3.63) is 23.8 Å². The molecule has 0 aliphatic carbocycles. The summed E-state index contributed by atoms with van der Waals surface area (Å²) in [4.78, 5) is 23.5. The number of rotatable bonds is 4. The monoisotopic (exact) mass is 239 g/mol. The van der Waals surface area contributed by atoms with Crippen molar-refractivity contribution in [1.82, 2.24) is 4.90 Å². The van der Waals surface area contributed by atoms with Gasteiger partial charge in [0.2, 0.25) is 0 Å². The highest BCUT2D eigenvalue weighted by atomic mass is 16.4. The number of aromatic hydroxyl groups is 2. The maximum Gasteiger partial charge on any atom is 0.323 e. The van der Waals surface area contributed by atoms with Gasteiger partial charge in [0.1, 0.15) is 23.6 Å². The molecule has 0 fully saturated rings. The molecule has 0 unspecified atom stereocenters. The molecule has 1 aromatic rings. The Kier molecular flexibility index (Phi) is 3.92. The topological polar surface area (TPSA) is 98.1 Å². The highest BCUT2D eigenvalue weighted by Crippen LogP contribution is 2.27. The van der Waals surface area contributed by atoms with E-state index in [1.54, 1.807) is 6.92 Å². The fraction of sp³-hybridized carbons (Fsp3) is 0.273. The molecule has 0 aromatic heterocycles. The highest BCUT2D eigenvalue weighted by Gasteiger charge is 2.22. The molecule has 1 amide bonds. The van der Waals surface area contributed by atoms with Gasteiger partial charge in [0.05, 0.1) is 0 Å². The third-order valence-corrected chi connectivity index (χ3v) is 2.23. The summed E-state index contributed by atoms with van der Waals surface area (Å²) < 4.78 is 0. The molecule has 3 N–H and O–H groups in total. The van der Waals surface area contributed by atoms with E-state index in [1.165, 1.54) is 18.2 Å². The predicted molar refractivity (Wildman–Crippen MR) is 59.0 cm³/mol. The SMILES string of the molecule is CCN(CC(=O)O)C(=O)c1c(O)cccc1O. The Morgan fingerprint density at radius 2 is 1.76 bits per heavy atom. The van der Waals surface area contributed by atoms with Crippen molar-refractivity contribution in [3.63, 3.8) is 0 Å². The Morgan fingerprint density at radius 3 is 2.18 bits per heavy atom. The molecule has 0 atom stereocenters. The standard InChI is InChI=1S/C11H13NO5/c1-2-12(6-9(15)16)11(17)10-7(13)4-3-5-8(10)14/h3-5,13-14H,2,6H2,1H3,(H,15,16). The number of carboxylic acid groups (broad SMARTS) is 1. The number of carbonyl (C=O) groups is 2. The van der Waals surface area contributed by atoms with Crippen LogP contribution < -0.4 is 0 Å². The molecule has 0 radical (unpaired) electrons. The average Bonchev–Trinajstić information content (AvgIpc) is 2.25. The number of nitrogens with zero attached hydrogens (tertiary/aromatic N) is 1. The number of phenols is 2. The summed E-state index contributed by atoms with van der Waals surface area (Å²) in [5.74, 6) is -2.63. The van der Waals surface area contributed by atoms with Crippen LogP contribution in [0.5, 0.6) is 11.5 Å². The second-order valence-electron chi connectivity index (χ2n) is 3.38. The zero-order chi connectivity index (χ0) is 13.0. The van der Waals surface area contributed by atoms with E-state index in [0.29, 0.717) is 0 Å². The number of benzene rings is 1. The van der Waals surface area contributed by atoms with Crippen LogP contribution in [0.3, 0.4) is 0 Å². The van der Waals surface area contributed by atoms with Gasteiger partial charge in [-0.2, -0.15) is 0 Å². The number of hydrogen-bond donors (Lipinski definition) is 3. The van der Waals surface area contributed by atoms with E-state index >= 15 is 0 Å². The Morgan fingerprint density at radius 1 is 1.24 bits per heavy atom. The number of carbonyl (C=O) groups excluding carboxylic acids is 1. The van der Waals surface area contributed by atoms with E-state index in [9.17, 15) is 19.8 Å². The molecule has 0 aliphatic rings. The van der Waals surface area contributed by atoms with Crippen LogP contribution in [-0.4, -0.2) is 45.2 Å². The lowest BCUT2D eigenvalue weighted by Crippen LogP contribution is -2.35.